The van der Waals surface area contributed by atoms with Gasteiger partial charge >= 0.3 is 0 Å². The first kappa shape index (κ1) is 21.6. The molecule has 2 aromatic carbocycles. The fourth-order valence-electron chi connectivity index (χ4n) is 3.71. The summed E-state index contributed by atoms with van der Waals surface area (Å²) in [5, 5.41) is 13.0. The average Bonchev–Trinajstić information content (AvgIpc) is 3.42. The Morgan fingerprint density at radius 2 is 1.78 bits per heavy atom. The van der Waals surface area contributed by atoms with Crippen molar-refractivity contribution in [1.82, 2.24) is 4.90 Å². The smallest absolute Gasteiger partial charge is 0.295 e. The van der Waals surface area contributed by atoms with E-state index in [0.29, 0.717) is 22.6 Å². The monoisotopic (exact) mass is 453 g/mol. The number of rotatable bonds is 6. The van der Waals surface area contributed by atoms with E-state index in [4.69, 9.17) is 9.47 Å². The summed E-state index contributed by atoms with van der Waals surface area (Å²) < 4.78 is 23.8. The molecule has 1 aliphatic heterocycles. The van der Waals surface area contributed by atoms with E-state index in [-0.39, 0.29) is 23.7 Å². The third-order valence-electron chi connectivity index (χ3n) is 5.28. The average molecular weight is 453 g/mol. The molecule has 1 saturated heterocycles. The lowest BCUT2D eigenvalue weighted by Gasteiger charge is -2.24. The van der Waals surface area contributed by atoms with Crippen LogP contribution in [0.5, 0.6) is 11.5 Å². The van der Waals surface area contributed by atoms with Gasteiger partial charge in [-0.1, -0.05) is 18.2 Å². The van der Waals surface area contributed by atoms with Crippen LogP contribution < -0.4 is 9.47 Å². The van der Waals surface area contributed by atoms with Crippen molar-refractivity contribution in [3.05, 3.63) is 87.4 Å². The van der Waals surface area contributed by atoms with E-state index >= 15 is 0 Å². The number of hydrogen-bond acceptors (Lipinski definition) is 6. The van der Waals surface area contributed by atoms with Gasteiger partial charge in [-0.15, -0.1) is 11.3 Å². The Balaban J connectivity index is 1.82. The van der Waals surface area contributed by atoms with Crippen LogP contribution in [0, 0.1) is 5.82 Å². The first-order valence-electron chi connectivity index (χ1n) is 9.73. The number of benzene rings is 2. The molecule has 1 amide bonds. The summed E-state index contributed by atoms with van der Waals surface area (Å²) in [7, 11) is 2.96. The number of methoxy groups -OCH3 is 2. The van der Waals surface area contributed by atoms with Crippen molar-refractivity contribution in [1.29, 1.82) is 0 Å². The summed E-state index contributed by atoms with van der Waals surface area (Å²) in [5.74, 6) is -1.35. The van der Waals surface area contributed by atoms with E-state index in [9.17, 15) is 19.1 Å². The number of likely N-dealkylation sites (tertiary alicyclic amines) is 1. The Morgan fingerprint density at radius 1 is 1.06 bits per heavy atom. The fourth-order valence-corrected chi connectivity index (χ4v) is 4.56. The molecule has 0 spiro atoms. The van der Waals surface area contributed by atoms with Crippen LogP contribution in [0.1, 0.15) is 22.0 Å². The van der Waals surface area contributed by atoms with Gasteiger partial charge in [0.25, 0.3) is 11.7 Å². The number of ether oxygens (including phenoxy) is 2. The molecule has 0 aliphatic carbocycles. The fraction of sp³-hybridized carbons (Fsp3) is 0.167. The maximum absolute atomic E-state index is 13.3. The predicted molar refractivity (Wildman–Crippen MR) is 118 cm³/mol. The zero-order chi connectivity index (χ0) is 22.8. The van der Waals surface area contributed by atoms with Crippen LogP contribution >= 0.6 is 11.3 Å². The quantitative estimate of drug-likeness (QED) is 0.337. The first-order chi connectivity index (χ1) is 15.4. The summed E-state index contributed by atoms with van der Waals surface area (Å²) in [5.41, 5.74) is 0.983. The molecular weight excluding hydrogens is 433 g/mol. The maximum atomic E-state index is 13.3. The summed E-state index contributed by atoms with van der Waals surface area (Å²) in [6.45, 7) is 0.0934. The van der Waals surface area contributed by atoms with Crippen LogP contribution in [0.25, 0.3) is 5.76 Å². The number of ketones is 1. The number of Topliss-reactive ketones (excluding diaryl/α,β-unsaturated/α-hetero) is 1. The highest BCUT2D eigenvalue weighted by atomic mass is 32.1. The summed E-state index contributed by atoms with van der Waals surface area (Å²) in [6.07, 6.45) is 0. The Labute approximate surface area is 188 Å². The number of hydrogen-bond donors (Lipinski definition) is 1. The number of aliphatic hydroxyl groups excluding tert-OH is 1. The molecule has 2 heterocycles. The summed E-state index contributed by atoms with van der Waals surface area (Å²) >= 11 is 1.38. The van der Waals surface area contributed by atoms with E-state index in [1.54, 1.807) is 36.4 Å². The van der Waals surface area contributed by atoms with E-state index in [1.807, 2.05) is 11.4 Å². The van der Waals surface area contributed by atoms with Gasteiger partial charge in [-0.2, -0.15) is 0 Å². The highest BCUT2D eigenvalue weighted by molar-refractivity contribution is 7.10. The molecule has 1 atom stereocenters. The molecular formula is C24H20FNO5S. The molecule has 6 nitrogen and oxygen atoms in total. The van der Waals surface area contributed by atoms with Crippen LogP contribution in [0.15, 0.2) is 65.6 Å². The van der Waals surface area contributed by atoms with Crippen molar-refractivity contribution in [2.45, 2.75) is 12.6 Å². The Morgan fingerprint density at radius 3 is 2.41 bits per heavy atom. The van der Waals surface area contributed by atoms with Crippen LogP contribution in [0.4, 0.5) is 4.39 Å². The van der Waals surface area contributed by atoms with Crippen LogP contribution in [0.2, 0.25) is 0 Å². The number of halogens is 1. The third kappa shape index (κ3) is 3.85. The molecule has 0 bridgehead atoms. The predicted octanol–water partition coefficient (Wildman–Crippen LogP) is 4.53. The molecule has 0 radical (unpaired) electrons. The second-order valence-electron chi connectivity index (χ2n) is 7.14. The van der Waals surface area contributed by atoms with E-state index in [0.717, 1.165) is 4.88 Å². The first-order valence-corrected chi connectivity index (χ1v) is 10.6. The lowest BCUT2D eigenvalue weighted by molar-refractivity contribution is -0.140. The second-order valence-corrected chi connectivity index (χ2v) is 8.12. The van der Waals surface area contributed by atoms with Gasteiger partial charge in [0.2, 0.25) is 0 Å². The van der Waals surface area contributed by atoms with Crippen molar-refractivity contribution in [3.8, 4) is 11.5 Å². The topological polar surface area (TPSA) is 76.1 Å². The lowest BCUT2D eigenvalue weighted by Crippen LogP contribution is -2.28. The Bertz CT molecular complexity index is 1190. The van der Waals surface area contributed by atoms with E-state index in [1.165, 1.54) is 42.6 Å². The zero-order valence-corrected chi connectivity index (χ0v) is 18.2. The number of aliphatic hydroxyl groups is 1. The Kier molecular flexibility index (Phi) is 5.96. The second kappa shape index (κ2) is 8.84. The van der Waals surface area contributed by atoms with E-state index < -0.39 is 17.7 Å². The van der Waals surface area contributed by atoms with Crippen LogP contribution in [-0.4, -0.2) is 35.9 Å². The summed E-state index contributed by atoms with van der Waals surface area (Å²) in [6, 6.07) is 13.3. The molecule has 164 valence electrons. The van der Waals surface area contributed by atoms with Gasteiger partial charge < -0.3 is 19.5 Å². The van der Waals surface area contributed by atoms with Crippen LogP contribution in [0.3, 0.4) is 0 Å². The van der Waals surface area contributed by atoms with Crippen molar-refractivity contribution < 1.29 is 28.6 Å². The minimum atomic E-state index is -0.780. The molecule has 32 heavy (non-hydrogen) atoms. The van der Waals surface area contributed by atoms with Gasteiger partial charge in [0.1, 0.15) is 11.6 Å². The maximum Gasteiger partial charge on any atom is 0.295 e. The third-order valence-corrected chi connectivity index (χ3v) is 6.20. The number of thiophene rings is 1. The molecule has 8 heteroatoms. The molecule has 0 saturated carbocycles. The van der Waals surface area contributed by atoms with Gasteiger partial charge in [0, 0.05) is 17.0 Å². The Hall–Kier alpha value is -3.65. The molecule has 1 unspecified atom stereocenters. The molecule has 1 aliphatic rings. The lowest BCUT2D eigenvalue weighted by atomic mass is 9.99. The number of nitrogens with zero attached hydrogens (tertiary/aromatic N) is 1. The highest BCUT2D eigenvalue weighted by Crippen LogP contribution is 2.42. The molecule has 1 fully saturated rings. The summed E-state index contributed by atoms with van der Waals surface area (Å²) in [4.78, 5) is 28.1. The minimum Gasteiger partial charge on any atom is -0.507 e. The van der Waals surface area contributed by atoms with Gasteiger partial charge in [-0.25, -0.2) is 4.39 Å². The minimum absolute atomic E-state index is 0.00761. The molecule has 1 aromatic heterocycles. The molecule has 3 aromatic rings. The van der Waals surface area contributed by atoms with Gasteiger partial charge in [0.15, 0.2) is 11.5 Å². The van der Waals surface area contributed by atoms with Crippen LogP contribution in [-0.2, 0) is 16.1 Å². The van der Waals surface area contributed by atoms with Crippen molar-refractivity contribution in [2.75, 3.05) is 14.2 Å². The van der Waals surface area contributed by atoms with Crippen molar-refractivity contribution >= 4 is 28.8 Å². The number of carbonyl (C=O) groups excluding carboxylic acids is 2. The standard InChI is InChI=1S/C24H20FNO5S/c1-30-17-10-7-15(12-18(17)31-2)22(27)20-21(19-4-3-11-32-19)26(24(29)23(20)28)13-14-5-8-16(25)9-6-14/h3-12,21,27H,13H2,1-2H3/b22-20-. The van der Waals surface area contributed by atoms with Gasteiger partial charge in [-0.05, 0) is 47.3 Å². The zero-order valence-electron chi connectivity index (χ0n) is 17.4. The number of carbonyl (C=O) groups is 2. The normalized spacial score (nSPS) is 17.6. The number of amides is 1. The van der Waals surface area contributed by atoms with Gasteiger partial charge in [-0.3, -0.25) is 9.59 Å². The van der Waals surface area contributed by atoms with E-state index in [2.05, 4.69) is 0 Å². The molecule has 1 N–H and O–H groups in total. The molecule has 4 rings (SSSR count). The van der Waals surface area contributed by atoms with Gasteiger partial charge in [0.05, 0.1) is 25.8 Å². The highest BCUT2D eigenvalue weighted by Gasteiger charge is 2.46. The largest absolute Gasteiger partial charge is 0.507 e. The van der Waals surface area contributed by atoms with Crippen molar-refractivity contribution in [2.24, 2.45) is 0 Å². The van der Waals surface area contributed by atoms with Crippen molar-refractivity contribution in [3.63, 3.8) is 0 Å². The SMILES string of the molecule is COc1ccc(/C(O)=C2/C(=O)C(=O)N(Cc3ccc(F)cc3)C2c2cccs2)cc1OC.